The van der Waals surface area contributed by atoms with Crippen molar-refractivity contribution in [2.24, 2.45) is 0 Å². The zero-order valence-electron chi connectivity index (χ0n) is 13.9. The Morgan fingerprint density at radius 3 is 2.88 bits per heavy atom. The number of carbonyl (C=O) groups excluding carboxylic acids is 2. The SMILES string of the molecule is O=C(C[C@H]1C(=O)NCCN1Cc1ccccc1)NCc1ccncn1. The lowest BCUT2D eigenvalue weighted by Crippen LogP contribution is -2.56. The molecule has 0 unspecified atom stereocenters. The van der Waals surface area contributed by atoms with Crippen molar-refractivity contribution >= 4 is 11.8 Å². The number of hydrogen-bond acceptors (Lipinski definition) is 5. The minimum Gasteiger partial charge on any atom is -0.353 e. The number of nitrogens with one attached hydrogen (secondary N) is 2. The van der Waals surface area contributed by atoms with Crippen LogP contribution in [0.15, 0.2) is 48.9 Å². The predicted octanol–water partition coefficient (Wildman–Crippen LogP) is 0.483. The van der Waals surface area contributed by atoms with Crippen molar-refractivity contribution in [3.8, 4) is 0 Å². The molecule has 1 aromatic heterocycles. The molecule has 2 heterocycles. The van der Waals surface area contributed by atoms with Gasteiger partial charge in [-0.15, -0.1) is 0 Å². The van der Waals surface area contributed by atoms with Crippen LogP contribution < -0.4 is 10.6 Å². The van der Waals surface area contributed by atoms with Crippen molar-refractivity contribution in [2.75, 3.05) is 13.1 Å². The van der Waals surface area contributed by atoms with Gasteiger partial charge in [0.2, 0.25) is 11.8 Å². The molecule has 7 heteroatoms. The Morgan fingerprint density at radius 2 is 2.12 bits per heavy atom. The van der Waals surface area contributed by atoms with E-state index in [2.05, 4.69) is 25.5 Å². The highest BCUT2D eigenvalue weighted by Crippen LogP contribution is 2.14. The van der Waals surface area contributed by atoms with Crippen molar-refractivity contribution in [3.63, 3.8) is 0 Å². The second-order valence-corrected chi connectivity index (χ2v) is 5.94. The highest BCUT2D eigenvalue weighted by Gasteiger charge is 2.31. The molecule has 25 heavy (non-hydrogen) atoms. The van der Waals surface area contributed by atoms with Gasteiger partial charge in [0.05, 0.1) is 24.7 Å². The maximum atomic E-state index is 12.3. The summed E-state index contributed by atoms with van der Waals surface area (Å²) in [4.78, 5) is 34.5. The first-order valence-corrected chi connectivity index (χ1v) is 8.29. The van der Waals surface area contributed by atoms with E-state index >= 15 is 0 Å². The maximum absolute atomic E-state index is 12.3. The first-order valence-electron chi connectivity index (χ1n) is 8.29. The summed E-state index contributed by atoms with van der Waals surface area (Å²) in [5.74, 6) is -0.266. The molecule has 2 N–H and O–H groups in total. The summed E-state index contributed by atoms with van der Waals surface area (Å²) in [5.41, 5.74) is 1.86. The summed E-state index contributed by atoms with van der Waals surface area (Å²) in [6, 6.07) is 11.3. The number of carbonyl (C=O) groups is 2. The average Bonchev–Trinajstić information content (AvgIpc) is 2.65. The second kappa shape index (κ2) is 8.34. The maximum Gasteiger partial charge on any atom is 0.237 e. The second-order valence-electron chi connectivity index (χ2n) is 5.94. The fourth-order valence-electron chi connectivity index (χ4n) is 2.85. The number of hydrogen-bond donors (Lipinski definition) is 2. The minimum atomic E-state index is -0.459. The largest absolute Gasteiger partial charge is 0.353 e. The predicted molar refractivity (Wildman–Crippen MR) is 92.1 cm³/mol. The van der Waals surface area contributed by atoms with E-state index in [1.54, 1.807) is 12.3 Å². The summed E-state index contributed by atoms with van der Waals surface area (Å²) >= 11 is 0. The number of amides is 2. The summed E-state index contributed by atoms with van der Waals surface area (Å²) in [6.45, 7) is 2.31. The molecule has 1 saturated heterocycles. The fraction of sp³-hybridized carbons (Fsp3) is 0.333. The van der Waals surface area contributed by atoms with Crippen molar-refractivity contribution < 1.29 is 9.59 Å². The van der Waals surface area contributed by atoms with Crippen molar-refractivity contribution in [1.29, 1.82) is 0 Å². The molecule has 0 radical (unpaired) electrons. The summed E-state index contributed by atoms with van der Waals surface area (Å²) < 4.78 is 0. The van der Waals surface area contributed by atoms with Gasteiger partial charge >= 0.3 is 0 Å². The molecule has 1 aromatic carbocycles. The Bertz CT molecular complexity index is 708. The van der Waals surface area contributed by atoms with Gasteiger partial charge in [0, 0.05) is 25.8 Å². The van der Waals surface area contributed by atoms with Crippen molar-refractivity contribution in [1.82, 2.24) is 25.5 Å². The molecule has 2 aromatic rings. The van der Waals surface area contributed by atoms with E-state index < -0.39 is 6.04 Å². The molecule has 1 atom stereocenters. The molecule has 2 amide bonds. The summed E-state index contributed by atoms with van der Waals surface area (Å²) in [7, 11) is 0. The van der Waals surface area contributed by atoms with E-state index in [4.69, 9.17) is 0 Å². The van der Waals surface area contributed by atoms with Crippen LogP contribution in [-0.2, 0) is 22.7 Å². The zero-order chi connectivity index (χ0) is 17.5. The van der Waals surface area contributed by atoms with Gasteiger partial charge in [0.15, 0.2) is 0 Å². The molecule has 3 rings (SSSR count). The highest BCUT2D eigenvalue weighted by atomic mass is 16.2. The van der Waals surface area contributed by atoms with Crippen LogP contribution in [0.3, 0.4) is 0 Å². The van der Waals surface area contributed by atoms with E-state index in [1.807, 2.05) is 30.3 Å². The lowest BCUT2D eigenvalue weighted by atomic mass is 10.1. The third-order valence-electron chi connectivity index (χ3n) is 4.16. The first-order chi connectivity index (χ1) is 12.2. The van der Waals surface area contributed by atoms with Crippen LogP contribution in [0.25, 0.3) is 0 Å². The molecule has 0 bridgehead atoms. The highest BCUT2D eigenvalue weighted by molar-refractivity contribution is 5.88. The quantitative estimate of drug-likeness (QED) is 0.799. The molecular formula is C18H21N5O2. The topological polar surface area (TPSA) is 87.2 Å². The van der Waals surface area contributed by atoms with Gasteiger partial charge in [-0.25, -0.2) is 9.97 Å². The standard InChI is InChI=1S/C18H21N5O2/c24-17(21-11-15-6-7-19-13-22-15)10-16-18(25)20-8-9-23(16)12-14-4-2-1-3-5-14/h1-7,13,16H,8-12H2,(H,20,25)(H,21,24)/t16-/m0/s1. The summed E-state index contributed by atoms with van der Waals surface area (Å²) in [5, 5.41) is 5.66. The zero-order valence-corrected chi connectivity index (χ0v) is 13.9. The Balaban J connectivity index is 1.58. The van der Waals surface area contributed by atoms with E-state index in [-0.39, 0.29) is 18.2 Å². The van der Waals surface area contributed by atoms with Crippen molar-refractivity contribution in [3.05, 3.63) is 60.2 Å². The molecule has 1 fully saturated rings. The van der Waals surface area contributed by atoms with Gasteiger partial charge in [-0.2, -0.15) is 0 Å². The van der Waals surface area contributed by atoms with Crippen molar-refractivity contribution in [2.45, 2.75) is 25.6 Å². The van der Waals surface area contributed by atoms with Crippen LogP contribution in [-0.4, -0.2) is 45.8 Å². The Kier molecular flexibility index (Phi) is 5.69. The molecule has 1 aliphatic heterocycles. The van der Waals surface area contributed by atoms with E-state index in [0.717, 1.165) is 17.8 Å². The molecule has 0 saturated carbocycles. The normalized spacial score (nSPS) is 17.8. The summed E-state index contributed by atoms with van der Waals surface area (Å²) in [6.07, 6.45) is 3.20. The van der Waals surface area contributed by atoms with E-state index in [0.29, 0.717) is 19.6 Å². The van der Waals surface area contributed by atoms with Gasteiger partial charge in [-0.3, -0.25) is 14.5 Å². The lowest BCUT2D eigenvalue weighted by molar-refractivity contribution is -0.134. The number of benzene rings is 1. The van der Waals surface area contributed by atoms with Crippen LogP contribution in [0.2, 0.25) is 0 Å². The first kappa shape index (κ1) is 17.0. The molecule has 1 aliphatic rings. The number of nitrogens with zero attached hydrogens (tertiary/aromatic N) is 3. The van der Waals surface area contributed by atoms with E-state index in [1.165, 1.54) is 6.33 Å². The van der Waals surface area contributed by atoms with Gasteiger partial charge < -0.3 is 10.6 Å². The molecule has 0 aliphatic carbocycles. The van der Waals surface area contributed by atoms with Gasteiger partial charge in [-0.1, -0.05) is 30.3 Å². The number of aromatic nitrogens is 2. The van der Waals surface area contributed by atoms with Crippen LogP contribution >= 0.6 is 0 Å². The molecule has 130 valence electrons. The molecular weight excluding hydrogens is 318 g/mol. The number of piperazine rings is 1. The van der Waals surface area contributed by atoms with Crippen LogP contribution in [0, 0.1) is 0 Å². The molecule has 0 spiro atoms. The molecule has 7 nitrogen and oxygen atoms in total. The monoisotopic (exact) mass is 339 g/mol. The third kappa shape index (κ3) is 4.84. The minimum absolute atomic E-state index is 0.0978. The van der Waals surface area contributed by atoms with Gasteiger partial charge in [0.1, 0.15) is 6.33 Å². The number of rotatable bonds is 6. The smallest absolute Gasteiger partial charge is 0.237 e. The Hall–Kier alpha value is -2.80. The van der Waals surface area contributed by atoms with Crippen LogP contribution in [0.5, 0.6) is 0 Å². The lowest BCUT2D eigenvalue weighted by Gasteiger charge is -2.34. The Labute approximate surface area is 146 Å². The Morgan fingerprint density at radius 1 is 1.28 bits per heavy atom. The average molecular weight is 339 g/mol. The van der Waals surface area contributed by atoms with Gasteiger partial charge in [-0.05, 0) is 11.6 Å². The fourth-order valence-corrected chi connectivity index (χ4v) is 2.85. The van der Waals surface area contributed by atoms with E-state index in [9.17, 15) is 9.59 Å². The van der Waals surface area contributed by atoms with Crippen LogP contribution in [0.4, 0.5) is 0 Å². The third-order valence-corrected chi connectivity index (χ3v) is 4.16. The van der Waals surface area contributed by atoms with Crippen LogP contribution in [0.1, 0.15) is 17.7 Å². The van der Waals surface area contributed by atoms with Gasteiger partial charge in [0.25, 0.3) is 0 Å².